The summed E-state index contributed by atoms with van der Waals surface area (Å²) in [4.78, 5) is 8.83. The first kappa shape index (κ1) is 27.1. The van der Waals surface area contributed by atoms with Gasteiger partial charge in [-0.05, 0) is 46.1 Å². The van der Waals surface area contributed by atoms with Gasteiger partial charge in [-0.3, -0.25) is 0 Å². The van der Waals surface area contributed by atoms with Crippen LogP contribution in [0.25, 0.3) is 42.7 Å². The van der Waals surface area contributed by atoms with E-state index in [2.05, 4.69) is 85.1 Å². The van der Waals surface area contributed by atoms with Crippen molar-refractivity contribution < 1.29 is 20.1 Å². The first-order valence-electron chi connectivity index (χ1n) is 12.1. The Balaban J connectivity index is 0.000000208. The van der Waals surface area contributed by atoms with Crippen LogP contribution in [0.1, 0.15) is 5.56 Å². The van der Waals surface area contributed by atoms with Gasteiger partial charge < -0.3 is 9.97 Å². The van der Waals surface area contributed by atoms with Crippen molar-refractivity contribution in [2.24, 2.45) is 0 Å². The van der Waals surface area contributed by atoms with Crippen LogP contribution in [-0.4, -0.2) is 18.0 Å². The van der Waals surface area contributed by atoms with Gasteiger partial charge in [0.1, 0.15) is 0 Å². The van der Waals surface area contributed by atoms with Gasteiger partial charge in [-0.15, -0.1) is 59.7 Å². The van der Waals surface area contributed by atoms with E-state index in [0.717, 1.165) is 22.5 Å². The molecule has 3 heterocycles. The largest absolute Gasteiger partial charge is 0.305 e. The predicted molar refractivity (Wildman–Crippen MR) is 158 cm³/mol. The Bertz CT molecular complexity index is 1570. The van der Waals surface area contributed by atoms with Gasteiger partial charge in [-0.1, -0.05) is 66.6 Å². The second-order valence-corrected chi connectivity index (χ2v) is 16.0. The minimum absolute atomic E-state index is 0. The van der Waals surface area contributed by atoms with Crippen molar-refractivity contribution in [3.05, 3.63) is 115 Å². The van der Waals surface area contributed by atoms with Gasteiger partial charge in [-0.2, -0.15) is 11.3 Å². The zero-order valence-corrected chi connectivity index (χ0v) is 25.6. The molecule has 0 N–H and O–H groups in total. The van der Waals surface area contributed by atoms with E-state index in [4.69, 9.17) is 0 Å². The number of hydrogen-bond acceptors (Lipinski definition) is 3. The summed E-state index contributed by atoms with van der Waals surface area (Å²) in [7, 11) is -1.31. The molecule has 0 fully saturated rings. The monoisotopic (exact) mass is 693 g/mol. The summed E-state index contributed by atoms with van der Waals surface area (Å²) in [6.45, 7) is 9.27. The number of benzene rings is 3. The maximum absolute atomic E-state index is 4.61. The van der Waals surface area contributed by atoms with Crippen LogP contribution in [0, 0.1) is 19.1 Å². The summed E-state index contributed by atoms with van der Waals surface area (Å²) in [6.07, 6.45) is 3.72. The van der Waals surface area contributed by atoms with Crippen LogP contribution in [-0.2, 0) is 20.1 Å². The summed E-state index contributed by atoms with van der Waals surface area (Å²) in [6, 6.07) is 35.7. The number of aromatic nitrogens is 2. The molecule has 0 atom stereocenters. The van der Waals surface area contributed by atoms with E-state index in [9.17, 15) is 0 Å². The predicted octanol–water partition coefficient (Wildman–Crippen LogP) is 8.32. The summed E-state index contributed by atoms with van der Waals surface area (Å²) in [5, 5.41) is 4.21. The van der Waals surface area contributed by atoms with Gasteiger partial charge in [0.05, 0.1) is 8.07 Å². The van der Waals surface area contributed by atoms with Crippen molar-refractivity contribution in [2.75, 3.05) is 0 Å². The van der Waals surface area contributed by atoms with Gasteiger partial charge in [-0.25, -0.2) is 0 Å². The fourth-order valence-corrected chi connectivity index (χ4v) is 6.44. The summed E-state index contributed by atoms with van der Waals surface area (Å²) in [5.41, 5.74) is 5.31. The normalized spacial score (nSPS) is 11.0. The number of fused-ring (bicyclic) bond motifs is 3. The topological polar surface area (TPSA) is 25.8 Å². The third-order valence-electron chi connectivity index (χ3n) is 6.11. The maximum Gasteiger partial charge on any atom is 0.0776 e. The first-order valence-corrected chi connectivity index (χ1v) is 16.4. The van der Waals surface area contributed by atoms with Crippen molar-refractivity contribution in [1.29, 1.82) is 0 Å². The standard InChI is InChI=1S/C21H20NSSi.C11H8N.Ir/c1-14-8-10-19(22-13-14)17-7-5-6-16-18-12-15(24(2,3)4)9-11-20(18)23-21(16)17;1-2-6-10(7-3-1)11-8-4-5-9-12-11;/h5-6,8-13H,1-4H3;1-6,8-9H;/q2*-1;. The fourth-order valence-electron chi connectivity index (χ4n) is 4.09. The molecule has 0 aliphatic heterocycles. The molecule has 0 aliphatic rings. The minimum atomic E-state index is -1.31. The molecule has 0 bridgehead atoms. The molecule has 0 unspecified atom stereocenters. The summed E-state index contributed by atoms with van der Waals surface area (Å²) in [5.74, 6) is 0. The average Bonchev–Trinajstić information content (AvgIpc) is 3.28. The van der Waals surface area contributed by atoms with Gasteiger partial charge in [0.2, 0.25) is 0 Å². The van der Waals surface area contributed by atoms with Crippen molar-refractivity contribution in [2.45, 2.75) is 26.6 Å². The molecule has 37 heavy (non-hydrogen) atoms. The van der Waals surface area contributed by atoms with Crippen LogP contribution >= 0.6 is 11.3 Å². The smallest absolute Gasteiger partial charge is 0.0776 e. The third-order valence-corrected chi connectivity index (χ3v) is 9.36. The SMILES string of the molecule is Cc1ccc(-c2[c-]ccc3c2sc2ccc([Si](C)(C)C)cc23)nc1.[Ir].[c-]1ccccc1-c1ccccn1. The fraction of sp³-hybridized carbons (Fsp3) is 0.125. The Morgan fingerprint density at radius 3 is 2.27 bits per heavy atom. The zero-order valence-electron chi connectivity index (χ0n) is 21.4. The van der Waals surface area contributed by atoms with Gasteiger partial charge >= 0.3 is 0 Å². The Morgan fingerprint density at radius 2 is 1.59 bits per heavy atom. The van der Waals surface area contributed by atoms with Crippen LogP contribution in [0.3, 0.4) is 0 Å². The van der Waals surface area contributed by atoms with E-state index in [0.29, 0.717) is 0 Å². The van der Waals surface area contributed by atoms with Crippen LogP contribution in [0.4, 0.5) is 0 Å². The molecule has 3 aromatic carbocycles. The molecular formula is C32H28IrN2SSi-2. The molecule has 2 nitrogen and oxygen atoms in total. The van der Waals surface area contributed by atoms with Crippen LogP contribution in [0.15, 0.2) is 97.3 Å². The molecule has 0 saturated heterocycles. The molecule has 1 radical (unpaired) electrons. The minimum Gasteiger partial charge on any atom is -0.305 e. The number of pyridine rings is 2. The number of hydrogen-bond donors (Lipinski definition) is 0. The second kappa shape index (κ2) is 11.6. The van der Waals surface area contributed by atoms with Crippen molar-refractivity contribution in [3.8, 4) is 22.5 Å². The zero-order chi connectivity index (χ0) is 25.1. The van der Waals surface area contributed by atoms with E-state index in [-0.39, 0.29) is 20.1 Å². The maximum atomic E-state index is 4.61. The Labute approximate surface area is 237 Å². The van der Waals surface area contributed by atoms with E-state index in [1.165, 1.54) is 30.9 Å². The number of aryl methyl sites for hydroxylation is 1. The quantitative estimate of drug-likeness (QED) is 0.138. The van der Waals surface area contributed by atoms with E-state index in [1.54, 1.807) is 6.20 Å². The van der Waals surface area contributed by atoms with Crippen molar-refractivity contribution >= 4 is 44.8 Å². The van der Waals surface area contributed by atoms with Crippen molar-refractivity contribution in [3.63, 3.8) is 0 Å². The Morgan fingerprint density at radius 1 is 0.757 bits per heavy atom. The molecule has 6 rings (SSSR count). The molecular weight excluding hydrogens is 665 g/mol. The average molecular weight is 693 g/mol. The number of thiophene rings is 1. The van der Waals surface area contributed by atoms with E-state index < -0.39 is 8.07 Å². The Hall–Kier alpha value is -2.95. The molecule has 0 spiro atoms. The Kier molecular flexibility index (Phi) is 8.51. The molecule has 5 heteroatoms. The molecule has 0 saturated carbocycles. The van der Waals surface area contributed by atoms with Gasteiger partial charge in [0, 0.05) is 37.2 Å². The van der Waals surface area contributed by atoms with Gasteiger partial charge in [0.15, 0.2) is 0 Å². The van der Waals surface area contributed by atoms with E-state index >= 15 is 0 Å². The van der Waals surface area contributed by atoms with Crippen LogP contribution in [0.5, 0.6) is 0 Å². The van der Waals surface area contributed by atoms with E-state index in [1.807, 2.05) is 66.1 Å². The summed E-state index contributed by atoms with van der Waals surface area (Å²) >= 11 is 1.85. The molecule has 3 aromatic heterocycles. The summed E-state index contributed by atoms with van der Waals surface area (Å²) < 4.78 is 2.64. The molecule has 187 valence electrons. The van der Waals surface area contributed by atoms with Gasteiger partial charge in [0.25, 0.3) is 0 Å². The number of rotatable bonds is 3. The molecule has 6 aromatic rings. The molecule has 0 aliphatic carbocycles. The van der Waals surface area contributed by atoms with Crippen LogP contribution < -0.4 is 5.19 Å². The van der Waals surface area contributed by atoms with Crippen LogP contribution in [0.2, 0.25) is 19.6 Å². The second-order valence-electron chi connectivity index (χ2n) is 9.87. The number of nitrogens with zero attached hydrogens (tertiary/aromatic N) is 2. The van der Waals surface area contributed by atoms with Crippen molar-refractivity contribution in [1.82, 2.24) is 9.97 Å². The first-order chi connectivity index (χ1) is 17.4. The molecule has 0 amide bonds. The third kappa shape index (κ3) is 6.14.